The van der Waals surface area contributed by atoms with E-state index in [-0.39, 0.29) is 18.5 Å². The van der Waals surface area contributed by atoms with Crippen LogP contribution in [0.4, 0.5) is 4.79 Å². The highest BCUT2D eigenvalue weighted by atomic mass is 16.3. The number of aliphatic hydroxyl groups is 1. The van der Waals surface area contributed by atoms with Gasteiger partial charge in [-0.1, -0.05) is 29.8 Å². The lowest BCUT2D eigenvalue weighted by molar-refractivity contribution is -0.126. The Bertz CT molecular complexity index is 666. The van der Waals surface area contributed by atoms with Crippen LogP contribution in [0.25, 0.3) is 0 Å². The van der Waals surface area contributed by atoms with Crippen LogP contribution in [-0.4, -0.2) is 41.1 Å². The van der Waals surface area contributed by atoms with E-state index in [2.05, 4.69) is 10.6 Å². The molecule has 1 aromatic carbocycles. The summed E-state index contributed by atoms with van der Waals surface area (Å²) in [6, 6.07) is 6.99. The summed E-state index contributed by atoms with van der Waals surface area (Å²) in [6.45, 7) is 4.19. The van der Waals surface area contributed by atoms with Crippen molar-refractivity contribution >= 4 is 11.9 Å². The van der Waals surface area contributed by atoms with Crippen molar-refractivity contribution in [2.24, 2.45) is 0 Å². The third-order valence-corrected chi connectivity index (χ3v) is 3.88. The fraction of sp³-hybridized carbons (Fsp3) is 0.375. The quantitative estimate of drug-likeness (QED) is 0.773. The highest BCUT2D eigenvalue weighted by Gasteiger charge is 2.40. The van der Waals surface area contributed by atoms with E-state index in [4.69, 9.17) is 0 Å². The zero-order chi connectivity index (χ0) is 15.9. The van der Waals surface area contributed by atoms with E-state index in [1.807, 2.05) is 31.2 Å². The second kappa shape index (κ2) is 5.46. The van der Waals surface area contributed by atoms with Gasteiger partial charge in [-0.2, -0.15) is 0 Å². The molecule has 3 N–H and O–H groups in total. The van der Waals surface area contributed by atoms with Crippen LogP contribution in [0.15, 0.2) is 35.5 Å². The molecule has 0 spiro atoms. The van der Waals surface area contributed by atoms with Crippen LogP contribution < -0.4 is 10.6 Å². The molecule has 2 aliphatic heterocycles. The highest BCUT2D eigenvalue weighted by molar-refractivity contribution is 6.01. The van der Waals surface area contributed by atoms with E-state index in [0.717, 1.165) is 11.1 Å². The maximum atomic E-state index is 12.6. The number of β-amino-alcohol motifs (C(OH)–C–C–N with tert-alkyl or cyclic N) is 1. The number of urea groups is 1. The Balaban J connectivity index is 1.96. The monoisotopic (exact) mass is 301 g/mol. The molecule has 0 aromatic heterocycles. The number of nitrogens with one attached hydrogen (secondary N) is 2. The zero-order valence-corrected chi connectivity index (χ0v) is 12.6. The molecule has 3 rings (SSSR count). The minimum atomic E-state index is -0.605. The minimum absolute atomic E-state index is 0.144. The summed E-state index contributed by atoms with van der Waals surface area (Å²) in [5.74, 6) is -0.144. The number of hydrogen-bond acceptors (Lipinski definition) is 3. The second-order valence-electron chi connectivity index (χ2n) is 5.87. The number of carbonyl (C=O) groups is 2. The van der Waals surface area contributed by atoms with Crippen molar-refractivity contribution in [2.45, 2.75) is 26.0 Å². The summed E-state index contributed by atoms with van der Waals surface area (Å²) in [7, 11) is 0. The molecule has 0 aliphatic carbocycles. The van der Waals surface area contributed by atoms with E-state index in [1.165, 1.54) is 0 Å². The largest absolute Gasteiger partial charge is 0.392 e. The molecular weight excluding hydrogens is 282 g/mol. The van der Waals surface area contributed by atoms with E-state index >= 15 is 0 Å². The number of amides is 3. The Morgan fingerprint density at radius 2 is 2.18 bits per heavy atom. The Hall–Kier alpha value is -2.34. The smallest absolute Gasteiger partial charge is 0.319 e. The number of benzene rings is 1. The van der Waals surface area contributed by atoms with Crippen LogP contribution in [0.2, 0.25) is 0 Å². The molecule has 116 valence electrons. The molecular formula is C16H19N3O3. The third kappa shape index (κ3) is 2.57. The van der Waals surface area contributed by atoms with Crippen molar-refractivity contribution in [2.75, 3.05) is 13.1 Å². The minimum Gasteiger partial charge on any atom is -0.392 e. The van der Waals surface area contributed by atoms with Crippen molar-refractivity contribution in [3.05, 3.63) is 46.7 Å². The van der Waals surface area contributed by atoms with Crippen molar-refractivity contribution in [3.63, 3.8) is 0 Å². The standard InChI is InChI=1S/C16H19N3O3/c1-9-4-3-5-11(6-9)14-13-12(17-16(22)18-14)8-19(15(13)21)7-10(2)20/h3-6,10,14,20H,7-8H2,1-2H3,(H2,17,18,22)/t10-,14+/m1/s1. The first-order chi connectivity index (χ1) is 10.5. The molecule has 0 saturated carbocycles. The molecule has 1 aromatic rings. The van der Waals surface area contributed by atoms with Gasteiger partial charge in [-0.15, -0.1) is 0 Å². The van der Waals surface area contributed by atoms with Crippen LogP contribution in [0.3, 0.4) is 0 Å². The van der Waals surface area contributed by atoms with Crippen molar-refractivity contribution < 1.29 is 14.7 Å². The molecule has 2 heterocycles. The molecule has 3 amide bonds. The number of carbonyl (C=O) groups excluding carboxylic acids is 2. The molecule has 22 heavy (non-hydrogen) atoms. The molecule has 0 fully saturated rings. The zero-order valence-electron chi connectivity index (χ0n) is 12.6. The predicted octanol–water partition coefficient (Wildman–Crippen LogP) is 0.826. The lowest BCUT2D eigenvalue weighted by atomic mass is 9.95. The summed E-state index contributed by atoms with van der Waals surface area (Å²) in [6.07, 6.45) is -0.605. The molecule has 2 atom stereocenters. The van der Waals surface area contributed by atoms with Crippen molar-refractivity contribution in [1.82, 2.24) is 15.5 Å². The average molecular weight is 301 g/mol. The van der Waals surface area contributed by atoms with Crippen LogP contribution in [0.1, 0.15) is 24.1 Å². The summed E-state index contributed by atoms with van der Waals surface area (Å²) < 4.78 is 0. The molecule has 0 bridgehead atoms. The van der Waals surface area contributed by atoms with Gasteiger partial charge in [0, 0.05) is 6.54 Å². The van der Waals surface area contributed by atoms with Crippen molar-refractivity contribution in [3.8, 4) is 0 Å². The van der Waals surface area contributed by atoms with Gasteiger partial charge in [0.1, 0.15) is 0 Å². The fourth-order valence-corrected chi connectivity index (χ4v) is 2.99. The second-order valence-corrected chi connectivity index (χ2v) is 5.87. The van der Waals surface area contributed by atoms with Crippen LogP contribution >= 0.6 is 0 Å². The number of hydrogen-bond donors (Lipinski definition) is 3. The maximum absolute atomic E-state index is 12.6. The third-order valence-electron chi connectivity index (χ3n) is 3.88. The SMILES string of the molecule is Cc1cccc([C@@H]2NC(=O)NC3=C2C(=O)N(C[C@@H](C)O)C3)c1. The first kappa shape index (κ1) is 14.6. The highest BCUT2D eigenvalue weighted by Crippen LogP contribution is 2.32. The van der Waals surface area contributed by atoms with Gasteiger partial charge in [0.05, 0.1) is 30.0 Å². The van der Waals surface area contributed by atoms with Gasteiger partial charge in [-0.25, -0.2) is 4.79 Å². The fourth-order valence-electron chi connectivity index (χ4n) is 2.99. The number of aryl methyl sites for hydroxylation is 1. The van der Waals surface area contributed by atoms with E-state index in [1.54, 1.807) is 11.8 Å². The Labute approximate surface area is 128 Å². The van der Waals surface area contributed by atoms with Gasteiger partial charge >= 0.3 is 6.03 Å². The van der Waals surface area contributed by atoms with Crippen LogP contribution in [0.5, 0.6) is 0 Å². The normalized spacial score (nSPS) is 22.3. The van der Waals surface area contributed by atoms with Gasteiger partial charge in [0.2, 0.25) is 0 Å². The van der Waals surface area contributed by atoms with Crippen LogP contribution in [-0.2, 0) is 4.79 Å². The maximum Gasteiger partial charge on any atom is 0.319 e. The van der Waals surface area contributed by atoms with Gasteiger partial charge in [0.25, 0.3) is 5.91 Å². The van der Waals surface area contributed by atoms with Gasteiger partial charge in [-0.05, 0) is 19.4 Å². The van der Waals surface area contributed by atoms with E-state index < -0.39 is 12.1 Å². The van der Waals surface area contributed by atoms with Gasteiger partial charge in [0.15, 0.2) is 0 Å². The van der Waals surface area contributed by atoms with Gasteiger partial charge in [-0.3, -0.25) is 4.79 Å². The number of rotatable bonds is 3. The molecule has 0 unspecified atom stereocenters. The molecule has 0 saturated heterocycles. The van der Waals surface area contributed by atoms with Crippen LogP contribution in [0, 0.1) is 6.92 Å². The summed E-state index contributed by atoms with van der Waals surface area (Å²) in [4.78, 5) is 26.1. The Morgan fingerprint density at radius 3 is 2.86 bits per heavy atom. The topological polar surface area (TPSA) is 81.7 Å². The summed E-state index contributed by atoms with van der Waals surface area (Å²) in [5.41, 5.74) is 3.14. The average Bonchev–Trinajstić information content (AvgIpc) is 2.73. The predicted molar refractivity (Wildman–Crippen MR) is 80.9 cm³/mol. The molecule has 0 radical (unpaired) electrons. The molecule has 6 heteroatoms. The molecule has 6 nitrogen and oxygen atoms in total. The first-order valence-electron chi connectivity index (χ1n) is 7.30. The lowest BCUT2D eigenvalue weighted by Crippen LogP contribution is -2.44. The summed E-state index contributed by atoms with van der Waals surface area (Å²) >= 11 is 0. The number of nitrogens with zero attached hydrogens (tertiary/aromatic N) is 1. The van der Waals surface area contributed by atoms with Gasteiger partial charge < -0.3 is 20.6 Å². The summed E-state index contributed by atoms with van der Waals surface area (Å²) in [5, 5.41) is 15.0. The molecule has 2 aliphatic rings. The number of aliphatic hydroxyl groups excluding tert-OH is 1. The van der Waals surface area contributed by atoms with E-state index in [9.17, 15) is 14.7 Å². The first-order valence-corrected chi connectivity index (χ1v) is 7.30. The Morgan fingerprint density at radius 1 is 1.41 bits per heavy atom. The van der Waals surface area contributed by atoms with Crippen molar-refractivity contribution in [1.29, 1.82) is 0 Å². The lowest BCUT2D eigenvalue weighted by Gasteiger charge is -2.25. The van der Waals surface area contributed by atoms with E-state index in [0.29, 0.717) is 17.8 Å². The Kier molecular flexibility index (Phi) is 3.62.